The molecular weight excluding hydrogens is 410 g/mol. The van der Waals surface area contributed by atoms with Gasteiger partial charge in [-0.15, -0.1) is 0 Å². The van der Waals surface area contributed by atoms with Crippen LogP contribution in [0.5, 0.6) is 5.75 Å². The molecule has 3 aromatic rings. The summed E-state index contributed by atoms with van der Waals surface area (Å²) in [4.78, 5) is 14.4. The number of carbonyl (C=O) groups excluding carboxylic acids is 1. The monoisotopic (exact) mass is 429 g/mol. The van der Waals surface area contributed by atoms with Crippen LogP contribution in [0.15, 0.2) is 54.6 Å². The van der Waals surface area contributed by atoms with Gasteiger partial charge in [-0.25, -0.2) is 8.42 Å². The third-order valence-corrected chi connectivity index (χ3v) is 7.13. The first-order chi connectivity index (χ1) is 13.9. The molecule has 1 saturated heterocycles. The Balaban J connectivity index is 1.68. The topological polar surface area (TPSA) is 63.7 Å². The fourth-order valence-corrected chi connectivity index (χ4v) is 5.06. The first-order valence-electron chi connectivity index (χ1n) is 9.24. The molecule has 0 saturated carbocycles. The standard InChI is InChI=1S/C22H20ClNO4S/c1-28-21-8-6-16(14-20(21)23)18-4-2-3-15-13-17(5-7-19(15)18)22(25)24-9-11-29(26,27)12-10-24/h2-8,13-14H,9-12H2,1H3. The van der Waals surface area contributed by atoms with E-state index in [1.54, 1.807) is 18.1 Å². The summed E-state index contributed by atoms with van der Waals surface area (Å²) >= 11 is 6.29. The van der Waals surface area contributed by atoms with Crippen molar-refractivity contribution in [2.45, 2.75) is 0 Å². The van der Waals surface area contributed by atoms with E-state index < -0.39 is 9.84 Å². The number of carbonyl (C=O) groups is 1. The minimum absolute atomic E-state index is 0.0225. The third-order valence-electron chi connectivity index (χ3n) is 5.22. The Morgan fingerprint density at radius 1 is 1.03 bits per heavy atom. The van der Waals surface area contributed by atoms with Crippen LogP contribution in [0.3, 0.4) is 0 Å². The summed E-state index contributed by atoms with van der Waals surface area (Å²) in [6, 6.07) is 17.1. The second-order valence-electron chi connectivity index (χ2n) is 7.03. The molecule has 0 atom stereocenters. The number of nitrogens with zero attached hydrogens (tertiary/aromatic N) is 1. The van der Waals surface area contributed by atoms with E-state index in [0.29, 0.717) is 16.3 Å². The van der Waals surface area contributed by atoms with Crippen LogP contribution in [0.25, 0.3) is 21.9 Å². The maximum atomic E-state index is 12.8. The van der Waals surface area contributed by atoms with Crippen molar-refractivity contribution in [3.8, 4) is 16.9 Å². The van der Waals surface area contributed by atoms with Crippen molar-refractivity contribution in [2.24, 2.45) is 0 Å². The average Bonchev–Trinajstić information content (AvgIpc) is 2.72. The van der Waals surface area contributed by atoms with Gasteiger partial charge in [0.15, 0.2) is 9.84 Å². The zero-order valence-corrected chi connectivity index (χ0v) is 17.5. The molecule has 0 spiro atoms. The largest absolute Gasteiger partial charge is 0.495 e. The molecule has 1 heterocycles. The molecular formula is C22H20ClNO4S. The van der Waals surface area contributed by atoms with Gasteiger partial charge in [-0.1, -0.05) is 41.9 Å². The van der Waals surface area contributed by atoms with Gasteiger partial charge < -0.3 is 9.64 Å². The maximum absolute atomic E-state index is 12.8. The molecule has 0 aliphatic carbocycles. The summed E-state index contributed by atoms with van der Waals surface area (Å²) in [5, 5.41) is 2.48. The van der Waals surface area contributed by atoms with E-state index in [1.165, 1.54) is 0 Å². The Morgan fingerprint density at radius 3 is 2.48 bits per heavy atom. The number of rotatable bonds is 3. The summed E-state index contributed by atoms with van der Waals surface area (Å²) in [5.41, 5.74) is 2.53. The number of halogens is 1. The van der Waals surface area contributed by atoms with Crippen LogP contribution in [0.4, 0.5) is 0 Å². The third kappa shape index (κ3) is 3.95. The van der Waals surface area contributed by atoms with Gasteiger partial charge in [-0.3, -0.25) is 4.79 Å². The lowest BCUT2D eigenvalue weighted by Gasteiger charge is -2.26. The van der Waals surface area contributed by atoms with Gasteiger partial charge in [-0.05, 0) is 46.2 Å². The highest BCUT2D eigenvalue weighted by molar-refractivity contribution is 7.91. The van der Waals surface area contributed by atoms with Crippen molar-refractivity contribution >= 4 is 38.1 Å². The van der Waals surface area contributed by atoms with Crippen LogP contribution in [0.1, 0.15) is 10.4 Å². The van der Waals surface area contributed by atoms with E-state index >= 15 is 0 Å². The zero-order chi connectivity index (χ0) is 20.6. The summed E-state index contributed by atoms with van der Waals surface area (Å²) in [6.07, 6.45) is 0. The molecule has 3 aromatic carbocycles. The van der Waals surface area contributed by atoms with Crippen molar-refractivity contribution in [1.82, 2.24) is 4.90 Å². The highest BCUT2D eigenvalue weighted by Crippen LogP contribution is 2.34. The lowest BCUT2D eigenvalue weighted by atomic mass is 9.96. The van der Waals surface area contributed by atoms with Crippen LogP contribution in [0.2, 0.25) is 5.02 Å². The van der Waals surface area contributed by atoms with Crippen molar-refractivity contribution in [1.29, 1.82) is 0 Å². The summed E-state index contributed by atoms with van der Waals surface area (Å²) in [5.74, 6) is 0.524. The maximum Gasteiger partial charge on any atom is 0.253 e. The Hall–Kier alpha value is -2.57. The Kier molecular flexibility index (Phi) is 5.23. The zero-order valence-electron chi connectivity index (χ0n) is 15.9. The molecule has 5 nitrogen and oxygen atoms in total. The van der Waals surface area contributed by atoms with Gasteiger partial charge in [0.1, 0.15) is 5.75 Å². The number of sulfone groups is 1. The van der Waals surface area contributed by atoms with E-state index in [1.807, 2.05) is 48.5 Å². The quantitative estimate of drug-likeness (QED) is 0.630. The molecule has 1 fully saturated rings. The molecule has 150 valence electrons. The van der Waals surface area contributed by atoms with Crippen LogP contribution in [0, 0.1) is 0 Å². The minimum Gasteiger partial charge on any atom is -0.495 e. The van der Waals surface area contributed by atoms with Gasteiger partial charge in [0.05, 0.1) is 23.6 Å². The minimum atomic E-state index is -3.02. The Bertz CT molecular complexity index is 1190. The lowest BCUT2D eigenvalue weighted by Crippen LogP contribution is -2.43. The number of hydrogen-bond acceptors (Lipinski definition) is 4. The van der Waals surface area contributed by atoms with E-state index in [2.05, 4.69) is 0 Å². The molecule has 0 aromatic heterocycles. The molecule has 1 amide bonds. The number of fused-ring (bicyclic) bond motifs is 1. The second kappa shape index (κ2) is 7.69. The lowest BCUT2D eigenvalue weighted by molar-refractivity contribution is 0.0770. The van der Waals surface area contributed by atoms with Crippen molar-refractivity contribution < 1.29 is 17.9 Å². The van der Waals surface area contributed by atoms with E-state index in [4.69, 9.17) is 16.3 Å². The molecule has 0 N–H and O–H groups in total. The highest BCUT2D eigenvalue weighted by Gasteiger charge is 2.25. The number of ether oxygens (including phenoxy) is 1. The Morgan fingerprint density at radius 2 is 1.79 bits per heavy atom. The fraction of sp³-hybridized carbons (Fsp3) is 0.227. The van der Waals surface area contributed by atoms with E-state index in [-0.39, 0.29) is 30.5 Å². The number of amides is 1. The molecule has 29 heavy (non-hydrogen) atoms. The highest BCUT2D eigenvalue weighted by atomic mass is 35.5. The number of hydrogen-bond donors (Lipinski definition) is 0. The molecule has 7 heteroatoms. The fourth-order valence-electron chi connectivity index (χ4n) is 3.60. The molecule has 0 radical (unpaired) electrons. The molecule has 1 aliphatic rings. The first-order valence-corrected chi connectivity index (χ1v) is 11.4. The number of methoxy groups -OCH3 is 1. The molecule has 4 rings (SSSR count). The van der Waals surface area contributed by atoms with Gasteiger partial charge >= 0.3 is 0 Å². The normalized spacial score (nSPS) is 16.0. The van der Waals surface area contributed by atoms with Gasteiger partial charge in [0, 0.05) is 18.7 Å². The average molecular weight is 430 g/mol. The summed E-state index contributed by atoms with van der Waals surface area (Å²) in [6.45, 7) is 0.479. The predicted molar refractivity (Wildman–Crippen MR) is 116 cm³/mol. The van der Waals surface area contributed by atoms with Gasteiger partial charge in [0.2, 0.25) is 0 Å². The van der Waals surface area contributed by atoms with Crippen molar-refractivity contribution in [2.75, 3.05) is 31.7 Å². The first kappa shape index (κ1) is 19.7. The SMILES string of the molecule is COc1ccc(-c2cccc3cc(C(=O)N4CCS(=O)(=O)CC4)ccc23)cc1Cl. The van der Waals surface area contributed by atoms with Gasteiger partial charge in [-0.2, -0.15) is 0 Å². The van der Waals surface area contributed by atoms with Gasteiger partial charge in [0.25, 0.3) is 5.91 Å². The van der Waals surface area contributed by atoms with Crippen LogP contribution in [-0.4, -0.2) is 50.9 Å². The van der Waals surface area contributed by atoms with Crippen LogP contribution < -0.4 is 4.74 Å². The van der Waals surface area contributed by atoms with Crippen LogP contribution in [-0.2, 0) is 9.84 Å². The van der Waals surface area contributed by atoms with Crippen molar-refractivity contribution in [3.05, 3.63) is 65.2 Å². The molecule has 0 bridgehead atoms. The van der Waals surface area contributed by atoms with Crippen molar-refractivity contribution in [3.63, 3.8) is 0 Å². The molecule has 1 aliphatic heterocycles. The second-order valence-corrected chi connectivity index (χ2v) is 9.75. The Labute approximate surface area is 174 Å². The smallest absolute Gasteiger partial charge is 0.253 e. The summed E-state index contributed by atoms with van der Waals surface area (Å²) < 4.78 is 28.4. The van der Waals surface area contributed by atoms with E-state index in [0.717, 1.165) is 21.9 Å². The molecule has 0 unspecified atom stereocenters. The predicted octanol–water partition coefficient (Wildman–Crippen LogP) is 4.04. The van der Waals surface area contributed by atoms with E-state index in [9.17, 15) is 13.2 Å². The number of benzene rings is 3. The summed E-state index contributed by atoms with van der Waals surface area (Å²) in [7, 11) is -1.45. The van der Waals surface area contributed by atoms with Crippen LogP contribution >= 0.6 is 11.6 Å².